The highest BCUT2D eigenvalue weighted by Gasteiger charge is 2.40. The van der Waals surface area contributed by atoms with Gasteiger partial charge in [-0.3, -0.25) is 9.89 Å². The van der Waals surface area contributed by atoms with Crippen LogP contribution in [0, 0.1) is 11.6 Å². The largest absolute Gasteiger partial charge is 0.389 e. The molecular weight excluding hydrogens is 441 g/mol. The Hall–Kier alpha value is -3.25. The molecule has 0 unspecified atom stereocenters. The number of fused-ring (bicyclic) bond motifs is 1. The van der Waals surface area contributed by atoms with Gasteiger partial charge in [-0.05, 0) is 12.5 Å². The zero-order valence-electron chi connectivity index (χ0n) is 17.3. The minimum Gasteiger partial charge on any atom is -0.389 e. The van der Waals surface area contributed by atoms with Crippen molar-refractivity contribution in [3.63, 3.8) is 0 Å². The summed E-state index contributed by atoms with van der Waals surface area (Å²) in [6, 6.07) is 2.26. The number of H-pyrrole nitrogens is 1. The summed E-state index contributed by atoms with van der Waals surface area (Å²) in [5.41, 5.74) is 0.0932. The van der Waals surface area contributed by atoms with Gasteiger partial charge in [-0.1, -0.05) is 12.1 Å². The van der Waals surface area contributed by atoms with E-state index in [1.54, 1.807) is 0 Å². The quantitative estimate of drug-likeness (QED) is 0.544. The molecular formula is C21H21F3N6O3. The molecule has 9 nitrogen and oxygen atoms in total. The van der Waals surface area contributed by atoms with Crippen LogP contribution in [-0.4, -0.2) is 74.2 Å². The average Bonchev–Trinajstić information content (AvgIpc) is 3.41. The Kier molecular flexibility index (Phi) is 5.62. The number of anilines is 1. The number of benzene rings is 1. The summed E-state index contributed by atoms with van der Waals surface area (Å²) >= 11 is 0. The van der Waals surface area contributed by atoms with Gasteiger partial charge in [0, 0.05) is 18.6 Å². The first-order valence-electron chi connectivity index (χ1n) is 10.5. The number of aromatic amines is 1. The van der Waals surface area contributed by atoms with Crippen molar-refractivity contribution < 1.29 is 27.8 Å². The third kappa shape index (κ3) is 3.89. The first-order valence-corrected chi connectivity index (χ1v) is 10.5. The number of ether oxygens (including phenoxy) is 1. The molecule has 2 fully saturated rings. The number of hydrogen-bond donors (Lipinski definition) is 3. The number of aliphatic hydroxyl groups is 1. The van der Waals surface area contributed by atoms with Crippen LogP contribution in [0.1, 0.15) is 34.9 Å². The lowest BCUT2D eigenvalue weighted by molar-refractivity contribution is -0.0135. The number of nitrogens with one attached hydrogen (secondary N) is 2. The maximum atomic E-state index is 14.5. The lowest BCUT2D eigenvalue weighted by Gasteiger charge is -2.29. The van der Waals surface area contributed by atoms with E-state index in [9.17, 15) is 23.1 Å². The van der Waals surface area contributed by atoms with Gasteiger partial charge in [0.15, 0.2) is 23.0 Å². The molecule has 33 heavy (non-hydrogen) atoms. The van der Waals surface area contributed by atoms with Gasteiger partial charge in [0.05, 0.1) is 36.7 Å². The molecule has 12 heteroatoms. The van der Waals surface area contributed by atoms with E-state index in [4.69, 9.17) is 4.74 Å². The van der Waals surface area contributed by atoms with Gasteiger partial charge in [-0.15, -0.1) is 0 Å². The minimum absolute atomic E-state index is 0.0782. The van der Waals surface area contributed by atoms with E-state index in [1.807, 2.05) is 0 Å². The van der Waals surface area contributed by atoms with Crippen molar-refractivity contribution in [2.75, 3.05) is 25.1 Å². The SMILES string of the molecule is O=C(c1n[nH]c2ncnc(N[C@@H]3CCOC[C@H]3O)c12)N1C[C@@H](F)C[C@@H]1c1cccc(F)c1F. The minimum atomic E-state index is -1.40. The van der Waals surface area contributed by atoms with E-state index < -0.39 is 35.9 Å². The fourth-order valence-corrected chi connectivity index (χ4v) is 4.41. The Labute approximate surface area is 186 Å². The molecule has 0 spiro atoms. The third-order valence-electron chi connectivity index (χ3n) is 6.06. The predicted octanol–water partition coefficient (Wildman–Crippen LogP) is 2.12. The number of aliphatic hydroxyl groups excluding tert-OH is 1. The second-order valence-electron chi connectivity index (χ2n) is 8.15. The second-order valence-corrected chi connectivity index (χ2v) is 8.15. The number of aromatic nitrogens is 4. The zero-order chi connectivity index (χ0) is 23.1. The number of likely N-dealkylation sites (tertiary alicyclic amines) is 1. The normalized spacial score (nSPS) is 25.5. The van der Waals surface area contributed by atoms with Crippen molar-refractivity contribution in [1.82, 2.24) is 25.1 Å². The predicted molar refractivity (Wildman–Crippen MR) is 110 cm³/mol. The van der Waals surface area contributed by atoms with Crippen molar-refractivity contribution in [3.05, 3.63) is 47.4 Å². The Bertz CT molecular complexity index is 1190. The molecule has 1 amide bonds. The molecule has 0 aliphatic carbocycles. The van der Waals surface area contributed by atoms with Gasteiger partial charge in [0.1, 0.15) is 18.3 Å². The smallest absolute Gasteiger partial charge is 0.275 e. The van der Waals surface area contributed by atoms with E-state index in [-0.39, 0.29) is 53.7 Å². The summed E-state index contributed by atoms with van der Waals surface area (Å²) in [6.07, 6.45) is -0.547. The van der Waals surface area contributed by atoms with Gasteiger partial charge in [-0.25, -0.2) is 23.1 Å². The highest BCUT2D eigenvalue weighted by atomic mass is 19.2. The van der Waals surface area contributed by atoms with Crippen LogP contribution in [0.4, 0.5) is 19.0 Å². The maximum Gasteiger partial charge on any atom is 0.275 e. The van der Waals surface area contributed by atoms with Crippen molar-refractivity contribution in [1.29, 1.82) is 0 Å². The van der Waals surface area contributed by atoms with Crippen molar-refractivity contribution in [2.45, 2.75) is 37.2 Å². The summed E-state index contributed by atoms with van der Waals surface area (Å²) < 4.78 is 47.9. The van der Waals surface area contributed by atoms with Crippen LogP contribution in [0.5, 0.6) is 0 Å². The van der Waals surface area contributed by atoms with Crippen LogP contribution in [0.15, 0.2) is 24.5 Å². The zero-order valence-corrected chi connectivity index (χ0v) is 17.3. The second kappa shape index (κ2) is 8.60. The van der Waals surface area contributed by atoms with E-state index in [0.29, 0.717) is 13.0 Å². The number of carbonyl (C=O) groups excluding carboxylic acids is 1. The van der Waals surface area contributed by atoms with Crippen LogP contribution in [0.2, 0.25) is 0 Å². The summed E-state index contributed by atoms with van der Waals surface area (Å²) in [4.78, 5) is 22.9. The van der Waals surface area contributed by atoms with Crippen LogP contribution < -0.4 is 5.32 Å². The van der Waals surface area contributed by atoms with Crippen LogP contribution in [0.3, 0.4) is 0 Å². The van der Waals surface area contributed by atoms with E-state index in [2.05, 4.69) is 25.5 Å². The van der Waals surface area contributed by atoms with Gasteiger partial charge in [0.2, 0.25) is 0 Å². The summed E-state index contributed by atoms with van der Waals surface area (Å²) in [7, 11) is 0. The van der Waals surface area contributed by atoms with Gasteiger partial charge >= 0.3 is 0 Å². The summed E-state index contributed by atoms with van der Waals surface area (Å²) in [5.74, 6) is -2.57. The number of rotatable bonds is 4. The molecule has 0 saturated carbocycles. The number of amides is 1. The topological polar surface area (TPSA) is 116 Å². The van der Waals surface area contributed by atoms with Crippen molar-refractivity contribution >= 4 is 22.8 Å². The molecule has 2 aliphatic rings. The molecule has 5 rings (SSSR count). The fourth-order valence-electron chi connectivity index (χ4n) is 4.41. The highest BCUT2D eigenvalue weighted by molar-refractivity contribution is 6.07. The molecule has 2 saturated heterocycles. The number of nitrogens with zero attached hydrogens (tertiary/aromatic N) is 4. The number of hydrogen-bond acceptors (Lipinski definition) is 7. The molecule has 0 bridgehead atoms. The van der Waals surface area contributed by atoms with Crippen molar-refractivity contribution in [2.24, 2.45) is 0 Å². The van der Waals surface area contributed by atoms with Crippen LogP contribution in [-0.2, 0) is 4.74 Å². The van der Waals surface area contributed by atoms with Gasteiger partial charge in [0.25, 0.3) is 5.91 Å². The molecule has 4 atom stereocenters. The van der Waals surface area contributed by atoms with Crippen LogP contribution in [0.25, 0.3) is 11.0 Å². The van der Waals surface area contributed by atoms with Crippen LogP contribution >= 0.6 is 0 Å². The molecule has 2 aromatic heterocycles. The number of halogens is 3. The Morgan fingerprint density at radius 2 is 2.15 bits per heavy atom. The molecule has 3 N–H and O–H groups in total. The first kappa shape index (κ1) is 21.6. The lowest BCUT2D eigenvalue weighted by Crippen LogP contribution is -2.42. The summed E-state index contributed by atoms with van der Waals surface area (Å²) in [6.45, 7) is 0.325. The molecule has 3 aromatic rings. The monoisotopic (exact) mass is 462 g/mol. The highest BCUT2D eigenvalue weighted by Crippen LogP contribution is 2.37. The Balaban J connectivity index is 1.51. The molecule has 0 radical (unpaired) electrons. The maximum absolute atomic E-state index is 14.5. The molecule has 4 heterocycles. The Morgan fingerprint density at radius 1 is 1.30 bits per heavy atom. The van der Waals surface area contributed by atoms with Crippen molar-refractivity contribution in [3.8, 4) is 0 Å². The average molecular weight is 462 g/mol. The third-order valence-corrected chi connectivity index (χ3v) is 6.06. The van der Waals surface area contributed by atoms with E-state index in [1.165, 1.54) is 18.5 Å². The van der Waals surface area contributed by atoms with Gasteiger partial charge in [-0.2, -0.15) is 5.10 Å². The van der Waals surface area contributed by atoms with E-state index in [0.717, 1.165) is 11.0 Å². The summed E-state index contributed by atoms with van der Waals surface area (Å²) in [5, 5.41) is 20.3. The van der Waals surface area contributed by atoms with Gasteiger partial charge < -0.3 is 20.1 Å². The van der Waals surface area contributed by atoms with E-state index >= 15 is 0 Å². The number of carbonyl (C=O) groups is 1. The molecule has 2 aliphatic heterocycles. The Morgan fingerprint density at radius 3 is 2.97 bits per heavy atom. The molecule has 1 aromatic carbocycles. The first-order chi connectivity index (χ1) is 15.9. The molecule has 174 valence electrons. The lowest BCUT2D eigenvalue weighted by atomic mass is 10.0. The standard InChI is InChI=1S/C21H21F3N6O3/c22-10-6-14(11-2-1-3-12(23)17(11)24)30(7-10)21(32)18-16-19(25-9-26-20(16)29-28-18)27-13-4-5-33-8-15(13)31/h1-3,9-10,13-15,31H,4-8H2,(H2,25,26,27,28,29)/t10-,13+,14+,15+/m0/s1. The fraction of sp³-hybridized carbons (Fsp3) is 0.429. The number of alkyl halides is 1.